The van der Waals surface area contributed by atoms with Crippen LogP contribution >= 0.6 is 0 Å². The van der Waals surface area contributed by atoms with E-state index in [0.717, 1.165) is 0 Å². The van der Waals surface area contributed by atoms with Crippen molar-refractivity contribution in [3.05, 3.63) is 0 Å². The molecule has 4 radical (unpaired) electrons. The number of hydrogen-bond donors (Lipinski definition) is 0. The number of hydrogen-bond acceptors (Lipinski definition) is 0. The van der Waals surface area contributed by atoms with Gasteiger partial charge in [0.1, 0.15) is 0 Å². The summed E-state index contributed by atoms with van der Waals surface area (Å²) in [5.74, 6) is 0. The van der Waals surface area contributed by atoms with Crippen molar-refractivity contribution in [3.63, 3.8) is 0 Å². The Bertz CT molecular complexity index is 16.0. The molecule has 0 aliphatic carbocycles. The molecule has 0 saturated heterocycles. The van der Waals surface area contributed by atoms with Crippen LogP contribution < -0.4 is 0 Å². The molecule has 60 valence electrons. The van der Waals surface area contributed by atoms with Crippen molar-refractivity contribution in [2.75, 3.05) is 0 Å². The maximum atomic E-state index is 0. The van der Waals surface area contributed by atoms with Gasteiger partial charge in [0.25, 0.3) is 0 Å². The van der Waals surface area contributed by atoms with Crippen LogP contribution in [0.5, 0.6) is 0 Å². The Kier molecular flexibility index (Phi) is 530. The van der Waals surface area contributed by atoms with E-state index in [9.17, 15) is 0 Å². The molecule has 0 saturated carbocycles. The van der Waals surface area contributed by atoms with Gasteiger partial charge in [-0.1, -0.05) is 0 Å². The van der Waals surface area contributed by atoms with E-state index in [1.165, 1.54) is 0 Å². The molecule has 0 aliphatic rings. The van der Waals surface area contributed by atoms with Crippen molar-refractivity contribution >= 4 is 125 Å². The third-order valence-electron chi connectivity index (χ3n) is 0. The summed E-state index contributed by atoms with van der Waals surface area (Å²) in [5.41, 5.74) is 0. The van der Waals surface area contributed by atoms with Gasteiger partial charge in [0.2, 0.25) is 0 Å². The molecular weight excluding hydrogens is 654 g/mol. The second-order valence-electron chi connectivity index (χ2n) is 0. The summed E-state index contributed by atoms with van der Waals surface area (Å²) in [7, 11) is 0. The van der Waals surface area contributed by atoms with Crippen LogP contribution in [0.15, 0.2) is 0 Å². The zero-order valence-corrected chi connectivity index (χ0v) is 14.1. The third kappa shape index (κ3) is 43.6. The Labute approximate surface area is 156 Å². The molecule has 0 aromatic carbocycles. The summed E-state index contributed by atoms with van der Waals surface area (Å²) < 4.78 is 0. The molecule has 0 atom stereocenters. The molecule has 0 nitrogen and oxygen atoms in total. The van der Waals surface area contributed by atoms with E-state index < -0.39 is 0 Å². The second-order valence-corrected chi connectivity index (χ2v) is 0. The van der Waals surface area contributed by atoms with Crippen LogP contribution in [-0.4, -0.2) is 125 Å². The van der Waals surface area contributed by atoms with Crippen LogP contribution in [0.1, 0.15) is 0 Å². The van der Waals surface area contributed by atoms with Crippen LogP contribution in [0.3, 0.4) is 0 Å². The van der Waals surface area contributed by atoms with Crippen molar-refractivity contribution in [1.82, 2.24) is 0 Å². The molecule has 0 aromatic heterocycles. The van der Waals surface area contributed by atoms with Crippen LogP contribution in [0.25, 0.3) is 0 Å². The summed E-state index contributed by atoms with van der Waals surface area (Å²) in [6.45, 7) is 0. The van der Waals surface area contributed by atoms with Crippen LogP contribution in [-0.2, 0) is 34.1 Å². The SMILES string of the molecule is [Cu].[Cu].[GaH3].[GaH3].[InH2].[InH3].[SeH2].[SeH]. The van der Waals surface area contributed by atoms with Crippen LogP contribution in [0.4, 0.5) is 0 Å². The summed E-state index contributed by atoms with van der Waals surface area (Å²) in [6, 6.07) is 0. The molecule has 8 heteroatoms. The monoisotopic (exact) mass is 667 g/mol. The topological polar surface area (TPSA) is 0 Å². The van der Waals surface area contributed by atoms with E-state index in [4.69, 9.17) is 0 Å². The third-order valence-corrected chi connectivity index (χ3v) is 0. The Morgan fingerprint density at radius 3 is 0.750 bits per heavy atom. The summed E-state index contributed by atoms with van der Waals surface area (Å²) in [5, 5.41) is 0. The van der Waals surface area contributed by atoms with Gasteiger partial charge in [0.05, 0.1) is 0 Å². The van der Waals surface area contributed by atoms with Gasteiger partial charge in [-0.2, -0.15) is 0 Å². The Morgan fingerprint density at radius 1 is 0.750 bits per heavy atom. The molecule has 0 N–H and O–H groups in total. The van der Waals surface area contributed by atoms with E-state index in [0.29, 0.717) is 0 Å². The maximum absolute atomic E-state index is 0. The molecule has 0 rings (SSSR count). The first-order valence-corrected chi connectivity index (χ1v) is 0. The molecule has 0 aliphatic heterocycles. The minimum absolute atomic E-state index is 0. The molecular formula is H14Cu2Ga2In2Se2. The van der Waals surface area contributed by atoms with E-state index >= 15 is 0 Å². The molecule has 0 bridgehead atoms. The van der Waals surface area contributed by atoms with E-state index in [1.54, 1.807) is 0 Å². The molecule has 0 spiro atoms. The predicted octanol–water partition coefficient (Wildman–Crippen LogP) is -6.04. The van der Waals surface area contributed by atoms with Gasteiger partial charge in [-0.25, -0.2) is 0 Å². The fraction of sp³-hybridized carbons (Fsp3) is 0. The van der Waals surface area contributed by atoms with Crippen molar-refractivity contribution in [2.45, 2.75) is 0 Å². The summed E-state index contributed by atoms with van der Waals surface area (Å²) >= 11 is 0. The molecule has 8 heavy (non-hydrogen) atoms. The summed E-state index contributed by atoms with van der Waals surface area (Å²) in [6.07, 6.45) is 0. The Hall–Kier alpha value is 5.09. The minimum atomic E-state index is 0. The molecule has 0 unspecified atom stereocenters. The van der Waals surface area contributed by atoms with E-state index in [1.807, 2.05) is 0 Å². The average molecular weight is 668 g/mol. The zero-order chi connectivity index (χ0) is 0. The van der Waals surface area contributed by atoms with Crippen LogP contribution in [0, 0.1) is 0 Å². The fourth-order valence-corrected chi connectivity index (χ4v) is 0. The van der Waals surface area contributed by atoms with Crippen molar-refractivity contribution < 1.29 is 34.1 Å². The number of rotatable bonds is 0. The molecule has 0 heterocycles. The van der Waals surface area contributed by atoms with Crippen LogP contribution in [0.2, 0.25) is 0 Å². The van der Waals surface area contributed by atoms with Gasteiger partial charge in [-0.15, -0.1) is 0 Å². The normalized spacial score (nSPS) is 0. The van der Waals surface area contributed by atoms with E-state index in [2.05, 4.69) is 0 Å². The first-order valence-electron chi connectivity index (χ1n) is 0. The van der Waals surface area contributed by atoms with Gasteiger partial charge in [0, 0.05) is 34.1 Å². The summed E-state index contributed by atoms with van der Waals surface area (Å²) in [4.78, 5) is 0. The van der Waals surface area contributed by atoms with Crippen molar-refractivity contribution in [2.24, 2.45) is 0 Å². The predicted molar refractivity (Wildman–Crippen MR) is 54.1 cm³/mol. The Morgan fingerprint density at radius 2 is 0.750 bits per heavy atom. The molecule has 0 fully saturated rings. The van der Waals surface area contributed by atoms with Crippen molar-refractivity contribution in [3.8, 4) is 0 Å². The quantitative estimate of drug-likeness (QED) is 0.226. The van der Waals surface area contributed by atoms with Gasteiger partial charge in [0.15, 0.2) is 0 Å². The van der Waals surface area contributed by atoms with Crippen molar-refractivity contribution in [1.29, 1.82) is 0 Å². The molecule has 0 aromatic rings. The van der Waals surface area contributed by atoms with Gasteiger partial charge in [-0.05, 0) is 0 Å². The Balaban J connectivity index is 0. The first kappa shape index (κ1) is 73.8. The standard InChI is InChI=1S/2Cu.2Ga.2In.H2Se.HSe.11H/h;;;;;;1H2;1H;;;;;;;;;;;. The van der Waals surface area contributed by atoms with Gasteiger partial charge in [-0.3, -0.25) is 0 Å². The second kappa shape index (κ2) is 57.4. The van der Waals surface area contributed by atoms with Gasteiger partial charge >= 0.3 is 125 Å². The zero-order valence-electron chi connectivity index (χ0n) is 2.55. The van der Waals surface area contributed by atoms with Gasteiger partial charge < -0.3 is 0 Å². The fourth-order valence-electron chi connectivity index (χ4n) is 0. The molecule has 0 amide bonds. The average Bonchev–Trinajstić information content (AvgIpc) is 0. The van der Waals surface area contributed by atoms with E-state index in [-0.39, 0.29) is 160 Å². The first-order chi connectivity index (χ1) is 0.